The second-order valence-electron chi connectivity index (χ2n) is 3.64. The Labute approximate surface area is 90.9 Å². The average molecular weight is 262 g/mol. The normalized spacial score (nSPS) is 18.7. The summed E-state index contributed by atoms with van der Waals surface area (Å²) in [5, 5.41) is 10.5. The Balaban J connectivity index is 2.23. The number of benzene rings is 1. The SMILES string of the molecule is OC1(Cc2cc(Br)ccc2Cl)CC1. The highest BCUT2D eigenvalue weighted by atomic mass is 79.9. The fourth-order valence-corrected chi connectivity index (χ4v) is 1.95. The Morgan fingerprint density at radius 3 is 2.77 bits per heavy atom. The summed E-state index contributed by atoms with van der Waals surface area (Å²) in [4.78, 5) is 0. The minimum Gasteiger partial charge on any atom is -0.390 e. The van der Waals surface area contributed by atoms with Gasteiger partial charge < -0.3 is 5.11 Å². The molecule has 1 aliphatic carbocycles. The third-order valence-electron chi connectivity index (χ3n) is 2.35. The first-order chi connectivity index (χ1) is 6.09. The summed E-state index contributed by atoms with van der Waals surface area (Å²) in [7, 11) is 0. The van der Waals surface area contributed by atoms with E-state index < -0.39 is 5.60 Å². The van der Waals surface area contributed by atoms with Gasteiger partial charge in [0.1, 0.15) is 0 Å². The lowest BCUT2D eigenvalue weighted by molar-refractivity contribution is 0.151. The highest BCUT2D eigenvalue weighted by molar-refractivity contribution is 9.10. The van der Waals surface area contributed by atoms with Crippen LogP contribution in [0, 0.1) is 0 Å². The molecule has 1 nitrogen and oxygen atoms in total. The van der Waals surface area contributed by atoms with E-state index in [0.29, 0.717) is 6.42 Å². The predicted octanol–water partition coefficient (Wildman–Crippen LogP) is 3.17. The van der Waals surface area contributed by atoms with Crippen LogP contribution in [0.3, 0.4) is 0 Å². The van der Waals surface area contributed by atoms with Crippen LogP contribution < -0.4 is 0 Å². The first-order valence-corrected chi connectivity index (χ1v) is 5.42. The van der Waals surface area contributed by atoms with Crippen LogP contribution in [0.25, 0.3) is 0 Å². The van der Waals surface area contributed by atoms with Gasteiger partial charge in [-0.25, -0.2) is 0 Å². The molecule has 0 heterocycles. The molecular weight excluding hydrogens is 251 g/mol. The van der Waals surface area contributed by atoms with Crippen LogP contribution in [-0.4, -0.2) is 10.7 Å². The molecule has 0 saturated heterocycles. The molecule has 13 heavy (non-hydrogen) atoms. The summed E-state index contributed by atoms with van der Waals surface area (Å²) in [5.74, 6) is 0. The third kappa shape index (κ3) is 2.25. The largest absolute Gasteiger partial charge is 0.390 e. The van der Waals surface area contributed by atoms with E-state index in [1.165, 1.54) is 0 Å². The molecule has 0 spiro atoms. The topological polar surface area (TPSA) is 20.2 Å². The second kappa shape index (κ2) is 3.26. The standard InChI is InChI=1S/C10H10BrClO/c11-8-1-2-9(12)7(5-8)6-10(13)3-4-10/h1-2,5,13H,3-4,6H2. The lowest BCUT2D eigenvalue weighted by atomic mass is 10.1. The molecule has 0 aromatic heterocycles. The van der Waals surface area contributed by atoms with Crippen LogP contribution in [0.4, 0.5) is 0 Å². The quantitative estimate of drug-likeness (QED) is 0.867. The molecule has 1 aromatic carbocycles. The smallest absolute Gasteiger partial charge is 0.0690 e. The maximum atomic E-state index is 9.72. The van der Waals surface area contributed by atoms with Crippen molar-refractivity contribution in [1.82, 2.24) is 0 Å². The van der Waals surface area contributed by atoms with Crippen molar-refractivity contribution in [3.05, 3.63) is 33.3 Å². The van der Waals surface area contributed by atoms with Crippen LogP contribution in [-0.2, 0) is 6.42 Å². The van der Waals surface area contributed by atoms with Crippen molar-refractivity contribution in [1.29, 1.82) is 0 Å². The zero-order valence-corrected chi connectivity index (χ0v) is 9.40. The van der Waals surface area contributed by atoms with Crippen LogP contribution in [0.2, 0.25) is 5.02 Å². The Morgan fingerprint density at radius 2 is 2.15 bits per heavy atom. The molecule has 0 bridgehead atoms. The van der Waals surface area contributed by atoms with E-state index in [2.05, 4.69) is 15.9 Å². The van der Waals surface area contributed by atoms with E-state index in [1.54, 1.807) is 0 Å². The average Bonchev–Trinajstić information content (AvgIpc) is 2.76. The van der Waals surface area contributed by atoms with Gasteiger partial charge in [0, 0.05) is 15.9 Å². The fourth-order valence-electron chi connectivity index (χ4n) is 1.35. The van der Waals surface area contributed by atoms with Crippen molar-refractivity contribution >= 4 is 27.5 Å². The predicted molar refractivity (Wildman–Crippen MR) is 57.0 cm³/mol. The molecule has 1 saturated carbocycles. The fraction of sp³-hybridized carbons (Fsp3) is 0.400. The number of hydrogen-bond donors (Lipinski definition) is 1. The van der Waals surface area contributed by atoms with Gasteiger partial charge in [-0.2, -0.15) is 0 Å². The minimum atomic E-state index is -0.468. The zero-order valence-electron chi connectivity index (χ0n) is 7.06. The summed E-state index contributed by atoms with van der Waals surface area (Å²) in [5.41, 5.74) is 0.556. The van der Waals surface area contributed by atoms with Crippen LogP contribution in [0.5, 0.6) is 0 Å². The summed E-state index contributed by atoms with van der Waals surface area (Å²) in [6.45, 7) is 0. The first-order valence-electron chi connectivity index (χ1n) is 4.25. The molecule has 0 unspecified atom stereocenters. The Bertz CT molecular complexity index is 334. The lowest BCUT2D eigenvalue weighted by Crippen LogP contribution is -2.10. The summed E-state index contributed by atoms with van der Waals surface area (Å²) in [6.07, 6.45) is 2.47. The summed E-state index contributed by atoms with van der Waals surface area (Å²) in [6, 6.07) is 5.73. The highest BCUT2D eigenvalue weighted by Gasteiger charge is 2.40. The molecule has 1 aromatic rings. The molecule has 0 radical (unpaired) electrons. The molecule has 2 rings (SSSR count). The van der Waals surface area contributed by atoms with Gasteiger partial charge in [0.25, 0.3) is 0 Å². The first kappa shape index (κ1) is 9.50. The van der Waals surface area contributed by atoms with Gasteiger partial charge in [-0.3, -0.25) is 0 Å². The van der Waals surface area contributed by atoms with E-state index in [1.807, 2.05) is 18.2 Å². The van der Waals surface area contributed by atoms with Crippen molar-refractivity contribution in [2.45, 2.75) is 24.9 Å². The van der Waals surface area contributed by atoms with E-state index in [0.717, 1.165) is 27.9 Å². The van der Waals surface area contributed by atoms with Gasteiger partial charge in [-0.15, -0.1) is 0 Å². The molecule has 1 N–H and O–H groups in total. The molecule has 0 amide bonds. The molecule has 0 atom stereocenters. The Hall–Kier alpha value is -0.0500. The van der Waals surface area contributed by atoms with Gasteiger partial charge in [0.15, 0.2) is 0 Å². The molecule has 70 valence electrons. The molecule has 0 aliphatic heterocycles. The van der Waals surface area contributed by atoms with Crippen molar-refractivity contribution in [3.8, 4) is 0 Å². The summed E-state index contributed by atoms with van der Waals surface area (Å²) < 4.78 is 1.01. The highest BCUT2D eigenvalue weighted by Crippen LogP contribution is 2.39. The van der Waals surface area contributed by atoms with E-state index in [-0.39, 0.29) is 0 Å². The Morgan fingerprint density at radius 1 is 1.46 bits per heavy atom. The van der Waals surface area contributed by atoms with E-state index in [9.17, 15) is 5.11 Å². The molecular formula is C10H10BrClO. The van der Waals surface area contributed by atoms with Gasteiger partial charge >= 0.3 is 0 Å². The van der Waals surface area contributed by atoms with Gasteiger partial charge in [0.05, 0.1) is 5.60 Å². The van der Waals surface area contributed by atoms with Gasteiger partial charge in [-0.05, 0) is 36.6 Å². The van der Waals surface area contributed by atoms with E-state index in [4.69, 9.17) is 11.6 Å². The van der Waals surface area contributed by atoms with Gasteiger partial charge in [0.2, 0.25) is 0 Å². The van der Waals surface area contributed by atoms with Crippen LogP contribution in [0.1, 0.15) is 18.4 Å². The monoisotopic (exact) mass is 260 g/mol. The zero-order chi connectivity index (χ0) is 9.47. The molecule has 1 aliphatic rings. The summed E-state index contributed by atoms with van der Waals surface area (Å²) >= 11 is 9.38. The number of rotatable bonds is 2. The number of hydrogen-bond acceptors (Lipinski definition) is 1. The van der Waals surface area contributed by atoms with Gasteiger partial charge in [-0.1, -0.05) is 27.5 Å². The van der Waals surface area contributed by atoms with Crippen molar-refractivity contribution in [2.75, 3.05) is 0 Å². The second-order valence-corrected chi connectivity index (χ2v) is 4.96. The third-order valence-corrected chi connectivity index (χ3v) is 3.22. The van der Waals surface area contributed by atoms with E-state index >= 15 is 0 Å². The van der Waals surface area contributed by atoms with Crippen LogP contribution in [0.15, 0.2) is 22.7 Å². The lowest BCUT2D eigenvalue weighted by Gasteiger charge is -2.09. The maximum absolute atomic E-state index is 9.72. The van der Waals surface area contributed by atoms with Crippen molar-refractivity contribution < 1.29 is 5.11 Å². The molecule has 3 heteroatoms. The van der Waals surface area contributed by atoms with Crippen LogP contribution >= 0.6 is 27.5 Å². The number of halogens is 2. The number of aliphatic hydroxyl groups is 1. The van der Waals surface area contributed by atoms with Crippen molar-refractivity contribution in [2.24, 2.45) is 0 Å². The Kier molecular flexibility index (Phi) is 2.39. The van der Waals surface area contributed by atoms with Crippen molar-refractivity contribution in [3.63, 3.8) is 0 Å². The minimum absolute atomic E-state index is 0.468. The maximum Gasteiger partial charge on any atom is 0.0690 e. The molecule has 1 fully saturated rings.